The second-order valence-electron chi connectivity index (χ2n) is 5.39. The number of aromatic nitrogens is 5. The van der Waals surface area contributed by atoms with Crippen molar-refractivity contribution in [3.05, 3.63) is 66.7 Å². The number of alkyl halides is 3. The Kier molecular flexibility index (Phi) is 4.23. The summed E-state index contributed by atoms with van der Waals surface area (Å²) in [5.74, 6) is 0.785. The van der Waals surface area contributed by atoms with Crippen LogP contribution < -0.4 is 5.32 Å². The van der Waals surface area contributed by atoms with Crippen molar-refractivity contribution < 1.29 is 8.78 Å². The standard InChI is InChI=1S/C17H11F2IN6/c18-17(19,20)14-5-1-3-12(23-14)15-24-16(13-4-2-10-26(13)25-15)22-11-6-8-21-9-7-11/h1-10H,(H,21,22,24,25). The molecule has 4 heterocycles. The van der Waals surface area contributed by atoms with E-state index < -0.39 is 3.93 Å². The molecule has 1 N–H and O–H groups in total. The minimum Gasteiger partial charge on any atom is -0.338 e. The van der Waals surface area contributed by atoms with Gasteiger partial charge in [-0.2, -0.15) is 8.78 Å². The molecular formula is C17H11F2IN6. The number of hydrogen-bond acceptors (Lipinski definition) is 5. The van der Waals surface area contributed by atoms with Gasteiger partial charge in [-0.15, -0.1) is 5.10 Å². The molecule has 4 aromatic rings. The fraction of sp³-hybridized carbons (Fsp3) is 0.0588. The molecule has 0 aliphatic carbocycles. The van der Waals surface area contributed by atoms with Crippen molar-refractivity contribution in [1.29, 1.82) is 0 Å². The molecule has 0 aliphatic rings. The van der Waals surface area contributed by atoms with Crippen LogP contribution in [0.4, 0.5) is 20.3 Å². The van der Waals surface area contributed by atoms with E-state index in [-0.39, 0.29) is 17.2 Å². The van der Waals surface area contributed by atoms with Crippen molar-refractivity contribution >= 4 is 39.6 Å². The minimum atomic E-state index is -3.07. The van der Waals surface area contributed by atoms with Crippen molar-refractivity contribution in [1.82, 2.24) is 24.6 Å². The van der Waals surface area contributed by atoms with Crippen LogP contribution in [0.15, 0.2) is 61.1 Å². The molecule has 0 bridgehead atoms. The highest BCUT2D eigenvalue weighted by Gasteiger charge is 2.29. The molecule has 26 heavy (non-hydrogen) atoms. The Labute approximate surface area is 160 Å². The lowest BCUT2D eigenvalue weighted by atomic mass is 10.3. The van der Waals surface area contributed by atoms with Crippen LogP contribution in [0.25, 0.3) is 17.0 Å². The fourth-order valence-corrected chi connectivity index (χ4v) is 2.72. The van der Waals surface area contributed by atoms with Gasteiger partial charge in [-0.25, -0.2) is 14.5 Å². The molecule has 0 atom stereocenters. The van der Waals surface area contributed by atoms with E-state index in [2.05, 4.69) is 25.4 Å². The second-order valence-corrected chi connectivity index (χ2v) is 6.74. The number of rotatable bonds is 4. The second kappa shape index (κ2) is 6.56. The van der Waals surface area contributed by atoms with Gasteiger partial charge in [-0.1, -0.05) is 6.07 Å². The topological polar surface area (TPSA) is 68.0 Å². The van der Waals surface area contributed by atoms with Crippen LogP contribution in [0.1, 0.15) is 5.69 Å². The van der Waals surface area contributed by atoms with Gasteiger partial charge in [0.15, 0.2) is 5.82 Å². The van der Waals surface area contributed by atoms with Crippen molar-refractivity contribution in [2.24, 2.45) is 0 Å². The first-order valence-electron chi connectivity index (χ1n) is 7.58. The Bertz CT molecular complexity index is 1060. The van der Waals surface area contributed by atoms with E-state index in [0.717, 1.165) is 33.8 Å². The molecule has 0 spiro atoms. The predicted molar refractivity (Wildman–Crippen MR) is 102 cm³/mol. The number of halogens is 3. The zero-order valence-electron chi connectivity index (χ0n) is 13.1. The molecule has 0 saturated heterocycles. The first kappa shape index (κ1) is 16.8. The third kappa shape index (κ3) is 3.34. The summed E-state index contributed by atoms with van der Waals surface area (Å²) in [6, 6.07) is 11.7. The first-order chi connectivity index (χ1) is 12.5. The smallest absolute Gasteiger partial charge is 0.337 e. The van der Waals surface area contributed by atoms with Gasteiger partial charge in [0.25, 0.3) is 0 Å². The van der Waals surface area contributed by atoms with Gasteiger partial charge < -0.3 is 5.32 Å². The van der Waals surface area contributed by atoms with Crippen molar-refractivity contribution in [3.8, 4) is 11.5 Å². The number of fused-ring (bicyclic) bond motifs is 1. The normalized spacial score (nSPS) is 11.7. The third-order valence-corrected chi connectivity index (χ3v) is 4.16. The van der Waals surface area contributed by atoms with Crippen LogP contribution in [0.5, 0.6) is 0 Å². The van der Waals surface area contributed by atoms with Gasteiger partial charge in [0.1, 0.15) is 16.9 Å². The van der Waals surface area contributed by atoms with Crippen LogP contribution >= 0.6 is 22.6 Å². The largest absolute Gasteiger partial charge is 0.338 e. The van der Waals surface area contributed by atoms with E-state index in [0.29, 0.717) is 5.82 Å². The van der Waals surface area contributed by atoms with Crippen LogP contribution in [0, 0.1) is 0 Å². The summed E-state index contributed by atoms with van der Waals surface area (Å²) >= 11 is 1.05. The SMILES string of the molecule is FC(F)(I)c1cccc(-c2nc(Nc3ccncc3)c3cccn3n2)n1. The van der Waals surface area contributed by atoms with Crippen LogP contribution in [-0.2, 0) is 3.93 Å². The molecular weight excluding hydrogens is 453 g/mol. The van der Waals surface area contributed by atoms with E-state index in [1.165, 1.54) is 12.1 Å². The summed E-state index contributed by atoms with van der Waals surface area (Å²) in [4.78, 5) is 12.5. The molecule has 0 fully saturated rings. The number of pyridine rings is 2. The number of hydrogen-bond donors (Lipinski definition) is 1. The molecule has 130 valence electrons. The average Bonchev–Trinajstić information content (AvgIpc) is 3.11. The summed E-state index contributed by atoms with van der Waals surface area (Å²) in [5.41, 5.74) is 1.48. The lowest BCUT2D eigenvalue weighted by molar-refractivity contribution is 0.122. The van der Waals surface area contributed by atoms with Crippen LogP contribution in [-0.4, -0.2) is 24.6 Å². The van der Waals surface area contributed by atoms with Crippen LogP contribution in [0.3, 0.4) is 0 Å². The number of nitrogens with zero attached hydrogens (tertiary/aromatic N) is 5. The highest BCUT2D eigenvalue weighted by molar-refractivity contribution is 14.1. The quantitative estimate of drug-likeness (QED) is 0.358. The molecule has 4 aromatic heterocycles. The summed E-state index contributed by atoms with van der Waals surface area (Å²) in [6.07, 6.45) is 5.08. The van der Waals surface area contributed by atoms with Gasteiger partial charge in [-0.3, -0.25) is 4.98 Å². The number of anilines is 2. The Morgan fingerprint density at radius 2 is 1.81 bits per heavy atom. The predicted octanol–water partition coefficient (Wildman–Crippen LogP) is 4.41. The summed E-state index contributed by atoms with van der Waals surface area (Å²) < 4.78 is 25.7. The van der Waals surface area contributed by atoms with Gasteiger partial charge in [0.05, 0.1) is 0 Å². The highest BCUT2D eigenvalue weighted by Crippen LogP contribution is 2.34. The van der Waals surface area contributed by atoms with Gasteiger partial charge >= 0.3 is 3.93 Å². The summed E-state index contributed by atoms with van der Waals surface area (Å²) in [6.45, 7) is 0. The Morgan fingerprint density at radius 3 is 2.58 bits per heavy atom. The van der Waals surface area contributed by atoms with E-state index in [4.69, 9.17) is 0 Å². The highest BCUT2D eigenvalue weighted by atomic mass is 127. The van der Waals surface area contributed by atoms with E-state index in [1.54, 1.807) is 41.3 Å². The Morgan fingerprint density at radius 1 is 1.00 bits per heavy atom. The minimum absolute atomic E-state index is 0.243. The Balaban J connectivity index is 1.82. The molecule has 0 amide bonds. The Hall–Kier alpha value is -2.69. The van der Waals surface area contributed by atoms with E-state index in [1.807, 2.05) is 12.1 Å². The number of nitrogens with one attached hydrogen (secondary N) is 1. The van der Waals surface area contributed by atoms with Crippen molar-refractivity contribution in [2.75, 3.05) is 5.32 Å². The van der Waals surface area contributed by atoms with Gasteiger partial charge in [0.2, 0.25) is 5.82 Å². The van der Waals surface area contributed by atoms with Gasteiger partial charge in [-0.05, 0) is 36.4 Å². The first-order valence-corrected chi connectivity index (χ1v) is 8.66. The van der Waals surface area contributed by atoms with E-state index in [9.17, 15) is 8.78 Å². The lowest BCUT2D eigenvalue weighted by Gasteiger charge is -2.11. The fourth-order valence-electron chi connectivity index (χ4n) is 2.42. The monoisotopic (exact) mass is 464 g/mol. The molecule has 4 rings (SSSR count). The summed E-state index contributed by atoms with van der Waals surface area (Å²) in [5, 5.41) is 7.57. The maximum Gasteiger partial charge on any atom is 0.337 e. The molecule has 0 saturated carbocycles. The summed E-state index contributed by atoms with van der Waals surface area (Å²) in [7, 11) is 0. The van der Waals surface area contributed by atoms with E-state index >= 15 is 0 Å². The third-order valence-electron chi connectivity index (χ3n) is 3.60. The molecule has 0 aliphatic heterocycles. The zero-order valence-corrected chi connectivity index (χ0v) is 15.3. The van der Waals surface area contributed by atoms with Crippen molar-refractivity contribution in [3.63, 3.8) is 0 Å². The zero-order chi connectivity index (χ0) is 18.1. The van der Waals surface area contributed by atoms with Crippen molar-refractivity contribution in [2.45, 2.75) is 3.93 Å². The molecule has 6 nitrogen and oxygen atoms in total. The maximum absolute atomic E-state index is 13.6. The lowest BCUT2D eigenvalue weighted by Crippen LogP contribution is -2.08. The molecule has 0 unspecified atom stereocenters. The molecule has 9 heteroatoms. The molecule has 0 aromatic carbocycles. The van der Waals surface area contributed by atoms with Crippen LogP contribution in [0.2, 0.25) is 0 Å². The van der Waals surface area contributed by atoms with Gasteiger partial charge in [0, 0.05) is 46.9 Å². The average molecular weight is 464 g/mol. The maximum atomic E-state index is 13.6. The molecule has 0 radical (unpaired) electrons.